The Balaban J connectivity index is 2.55. The molecule has 0 aliphatic carbocycles. The third kappa shape index (κ3) is 4.34. The molecule has 0 aliphatic rings. The van der Waals surface area contributed by atoms with Crippen LogP contribution in [0, 0.1) is 5.82 Å². The fourth-order valence-electron chi connectivity index (χ4n) is 3.51. The van der Waals surface area contributed by atoms with Gasteiger partial charge in [-0.2, -0.15) is 0 Å². The highest BCUT2D eigenvalue weighted by Crippen LogP contribution is 2.34. The predicted octanol–water partition coefficient (Wildman–Crippen LogP) is 6.15. The molecule has 0 radical (unpaired) electrons. The lowest BCUT2D eigenvalue weighted by Crippen LogP contribution is -2.27. The number of carboxylic acids is 1. The zero-order chi connectivity index (χ0) is 22.9. The van der Waals surface area contributed by atoms with Crippen LogP contribution in [0.2, 0.25) is 15.1 Å². The smallest absolute Gasteiger partial charge is 0.341 e. The van der Waals surface area contributed by atoms with E-state index in [2.05, 4.69) is 0 Å². The molecular weight excluding hydrogens is 468 g/mol. The van der Waals surface area contributed by atoms with E-state index in [0.29, 0.717) is 11.3 Å². The van der Waals surface area contributed by atoms with Gasteiger partial charge in [0.2, 0.25) is 5.43 Å². The highest BCUT2D eigenvalue weighted by atomic mass is 35.5. The van der Waals surface area contributed by atoms with Crippen LogP contribution in [0.5, 0.6) is 0 Å². The fraction of sp³-hybridized carbons (Fsp3) is 0.182. The minimum atomic E-state index is -1.46. The molecule has 3 rings (SSSR count). The summed E-state index contributed by atoms with van der Waals surface area (Å²) in [5.74, 6) is -2.17. The summed E-state index contributed by atoms with van der Waals surface area (Å²) in [6, 6.07) is 8.31. The largest absolute Gasteiger partial charge is 0.477 e. The molecular formula is C22H17Cl3FNO4. The molecule has 1 heterocycles. The number of rotatable bonds is 6. The maximum absolute atomic E-state index is 14.7. The van der Waals surface area contributed by atoms with Crippen molar-refractivity contribution >= 4 is 40.8 Å². The molecule has 0 spiro atoms. The van der Waals surface area contributed by atoms with Gasteiger partial charge in [0.25, 0.3) is 0 Å². The van der Waals surface area contributed by atoms with Crippen LogP contribution in [-0.4, -0.2) is 22.8 Å². The van der Waals surface area contributed by atoms with Gasteiger partial charge in [0.15, 0.2) is 0 Å². The van der Waals surface area contributed by atoms with Crippen LogP contribution in [-0.2, 0) is 17.9 Å². The van der Waals surface area contributed by atoms with Crippen LogP contribution in [0.3, 0.4) is 0 Å². The molecule has 0 atom stereocenters. The first kappa shape index (κ1) is 23.3. The quantitative estimate of drug-likeness (QED) is 0.456. The number of pyridine rings is 1. The number of aromatic carboxylic acids is 1. The number of halogens is 4. The second-order valence-electron chi connectivity index (χ2n) is 6.61. The van der Waals surface area contributed by atoms with Gasteiger partial charge >= 0.3 is 5.97 Å². The summed E-state index contributed by atoms with van der Waals surface area (Å²) in [6.07, 6.45) is 0. The molecule has 1 N–H and O–H groups in total. The van der Waals surface area contributed by atoms with Crippen LogP contribution in [0.1, 0.15) is 23.0 Å². The Morgan fingerprint density at radius 3 is 2.42 bits per heavy atom. The Hall–Kier alpha value is -2.38. The summed E-state index contributed by atoms with van der Waals surface area (Å²) in [4.78, 5) is 25.7. The number of methoxy groups -OCH3 is 1. The lowest BCUT2D eigenvalue weighted by molar-refractivity contribution is 0.0695. The second-order valence-corrected chi connectivity index (χ2v) is 7.86. The van der Waals surface area contributed by atoms with Crippen molar-refractivity contribution in [2.24, 2.45) is 0 Å². The Labute approximate surface area is 192 Å². The number of ether oxygens (including phenoxy) is 1. The number of carbonyl (C=O) groups is 1. The van der Waals surface area contributed by atoms with Crippen LogP contribution in [0.15, 0.2) is 41.2 Å². The number of nitrogens with zero attached hydrogens (tertiary/aromatic N) is 1. The van der Waals surface area contributed by atoms with Gasteiger partial charge in [-0.05, 0) is 37.3 Å². The molecule has 0 aliphatic heterocycles. The van der Waals surface area contributed by atoms with Crippen LogP contribution < -0.4 is 5.43 Å². The van der Waals surface area contributed by atoms with E-state index in [9.17, 15) is 19.1 Å². The minimum Gasteiger partial charge on any atom is -0.477 e. The van der Waals surface area contributed by atoms with Gasteiger partial charge in [-0.15, -0.1) is 0 Å². The van der Waals surface area contributed by atoms with Crippen molar-refractivity contribution in [2.45, 2.75) is 20.1 Å². The Morgan fingerprint density at radius 2 is 1.84 bits per heavy atom. The minimum absolute atomic E-state index is 0.0708. The van der Waals surface area contributed by atoms with Crippen LogP contribution >= 0.6 is 34.8 Å². The van der Waals surface area contributed by atoms with Crippen LogP contribution in [0.4, 0.5) is 4.39 Å². The maximum Gasteiger partial charge on any atom is 0.341 e. The topological polar surface area (TPSA) is 68.5 Å². The molecule has 0 unspecified atom stereocenters. The molecule has 0 fully saturated rings. The molecule has 31 heavy (non-hydrogen) atoms. The maximum atomic E-state index is 14.7. The van der Waals surface area contributed by atoms with Crippen molar-refractivity contribution in [2.75, 3.05) is 7.11 Å². The lowest BCUT2D eigenvalue weighted by atomic mass is 9.95. The number of aromatic nitrogens is 1. The third-order valence-electron chi connectivity index (χ3n) is 4.78. The van der Waals surface area contributed by atoms with E-state index in [1.165, 1.54) is 31.4 Å². The number of hydrogen-bond acceptors (Lipinski definition) is 3. The molecule has 2 aromatic carbocycles. The zero-order valence-corrected chi connectivity index (χ0v) is 18.8. The molecule has 5 nitrogen and oxygen atoms in total. The summed E-state index contributed by atoms with van der Waals surface area (Å²) in [7, 11) is 1.42. The van der Waals surface area contributed by atoms with E-state index in [1.54, 1.807) is 17.6 Å². The lowest BCUT2D eigenvalue weighted by Gasteiger charge is -2.23. The first-order chi connectivity index (χ1) is 14.7. The van der Waals surface area contributed by atoms with Crippen molar-refractivity contribution in [1.82, 2.24) is 4.57 Å². The van der Waals surface area contributed by atoms with Crippen LogP contribution in [0.25, 0.3) is 22.4 Å². The zero-order valence-electron chi connectivity index (χ0n) is 16.5. The third-order valence-corrected chi connectivity index (χ3v) is 5.75. The monoisotopic (exact) mass is 483 g/mol. The normalized spacial score (nSPS) is 11.0. The Morgan fingerprint density at radius 1 is 1.13 bits per heavy atom. The summed E-state index contributed by atoms with van der Waals surface area (Å²) in [6.45, 7) is 1.97. The number of hydrogen-bond donors (Lipinski definition) is 1. The van der Waals surface area contributed by atoms with E-state index in [-0.39, 0.29) is 45.0 Å². The summed E-state index contributed by atoms with van der Waals surface area (Å²) < 4.78 is 21.6. The highest BCUT2D eigenvalue weighted by Gasteiger charge is 2.28. The standard InChI is InChI=1S/C22H17Cl3FNO4/c1-3-27-17(10-31-2)18(13-9-12(23)5-7-16(13)26)21(28)19(22(29)30)20(27)11-4-6-14(24)15(25)8-11/h4-9H,3,10H2,1-2H3,(H,29,30). The van der Waals surface area contributed by atoms with Gasteiger partial charge in [0.1, 0.15) is 11.4 Å². The van der Waals surface area contributed by atoms with Gasteiger partial charge in [0.05, 0.1) is 33.6 Å². The van der Waals surface area contributed by atoms with Crippen molar-refractivity contribution in [3.8, 4) is 22.4 Å². The second kappa shape index (κ2) is 9.40. The van der Waals surface area contributed by atoms with E-state index in [0.717, 1.165) is 6.07 Å². The molecule has 0 saturated heterocycles. The number of carboxylic acid groups (broad SMARTS) is 1. The summed E-state index contributed by atoms with van der Waals surface area (Å²) in [5, 5.41) is 10.6. The van der Waals surface area contributed by atoms with Gasteiger partial charge in [0, 0.05) is 29.8 Å². The molecule has 1 aromatic heterocycles. The van der Waals surface area contributed by atoms with Crippen molar-refractivity contribution in [3.63, 3.8) is 0 Å². The Kier molecular flexibility index (Phi) is 7.06. The molecule has 162 valence electrons. The predicted molar refractivity (Wildman–Crippen MR) is 120 cm³/mol. The Bertz CT molecular complexity index is 1240. The molecule has 3 aromatic rings. The van der Waals surface area contributed by atoms with Gasteiger partial charge < -0.3 is 14.4 Å². The van der Waals surface area contributed by atoms with E-state index < -0.39 is 22.8 Å². The molecule has 9 heteroatoms. The van der Waals surface area contributed by atoms with Crippen molar-refractivity contribution in [1.29, 1.82) is 0 Å². The first-order valence-electron chi connectivity index (χ1n) is 9.13. The fourth-order valence-corrected chi connectivity index (χ4v) is 3.98. The van der Waals surface area contributed by atoms with E-state index in [1.807, 2.05) is 0 Å². The average molecular weight is 485 g/mol. The molecule has 0 bridgehead atoms. The highest BCUT2D eigenvalue weighted by molar-refractivity contribution is 6.42. The molecule has 0 amide bonds. The average Bonchev–Trinajstić information content (AvgIpc) is 2.72. The van der Waals surface area contributed by atoms with Gasteiger partial charge in [-0.25, -0.2) is 9.18 Å². The first-order valence-corrected chi connectivity index (χ1v) is 10.3. The van der Waals surface area contributed by atoms with E-state index in [4.69, 9.17) is 39.5 Å². The van der Waals surface area contributed by atoms with E-state index >= 15 is 0 Å². The summed E-state index contributed by atoms with van der Waals surface area (Å²) in [5.41, 5.74) is -0.791. The van der Waals surface area contributed by atoms with Gasteiger partial charge in [-0.1, -0.05) is 40.9 Å². The van der Waals surface area contributed by atoms with Crippen molar-refractivity contribution in [3.05, 3.63) is 78.8 Å². The SMILES string of the molecule is CCn1c(COC)c(-c2cc(Cl)ccc2F)c(=O)c(C(=O)O)c1-c1ccc(Cl)c(Cl)c1. The molecule has 0 saturated carbocycles. The number of benzene rings is 2. The van der Waals surface area contributed by atoms with Crippen molar-refractivity contribution < 1.29 is 19.0 Å². The van der Waals surface area contributed by atoms with Gasteiger partial charge in [-0.3, -0.25) is 4.79 Å². The summed E-state index contributed by atoms with van der Waals surface area (Å²) >= 11 is 18.2.